The summed E-state index contributed by atoms with van der Waals surface area (Å²) in [5.74, 6) is 0.684. The van der Waals surface area contributed by atoms with Crippen LogP contribution >= 0.6 is 24.0 Å². The number of hydrogen-bond acceptors (Lipinski definition) is 5. The van der Waals surface area contributed by atoms with Crippen LogP contribution in [-0.4, -0.2) is 64.6 Å². The van der Waals surface area contributed by atoms with Crippen molar-refractivity contribution in [2.75, 3.05) is 51.9 Å². The zero-order valence-corrected chi connectivity index (χ0v) is 20.3. The summed E-state index contributed by atoms with van der Waals surface area (Å²) in [5.41, 5.74) is 1.79. The summed E-state index contributed by atoms with van der Waals surface area (Å²) in [4.78, 5) is 16.8. The van der Waals surface area contributed by atoms with Crippen LogP contribution in [0.15, 0.2) is 29.3 Å². The van der Waals surface area contributed by atoms with E-state index < -0.39 is 0 Å². The van der Waals surface area contributed by atoms with Crippen molar-refractivity contribution in [1.29, 1.82) is 0 Å². The molecule has 3 N–H and O–H groups in total. The smallest absolute Gasteiger partial charge is 0.253 e. The third kappa shape index (κ3) is 10.6. The van der Waals surface area contributed by atoms with Gasteiger partial charge in [0.1, 0.15) is 6.10 Å². The molecule has 0 radical (unpaired) electrons. The molecule has 1 aromatic carbocycles. The molecule has 1 fully saturated rings. The average molecular weight is 534 g/mol. The van der Waals surface area contributed by atoms with Gasteiger partial charge in [0.15, 0.2) is 5.96 Å². The van der Waals surface area contributed by atoms with Crippen molar-refractivity contribution in [3.8, 4) is 0 Å². The number of methoxy groups -OCH3 is 1. The molecule has 1 heterocycles. The van der Waals surface area contributed by atoms with Gasteiger partial charge in [-0.15, -0.1) is 24.0 Å². The van der Waals surface area contributed by atoms with Crippen LogP contribution < -0.4 is 16.0 Å². The maximum Gasteiger partial charge on any atom is 0.253 e. The first-order chi connectivity index (χ1) is 14.2. The van der Waals surface area contributed by atoms with Gasteiger partial charge in [-0.05, 0) is 43.9 Å². The number of halogens is 1. The molecular formula is C21H35IN4O4. The van der Waals surface area contributed by atoms with E-state index in [2.05, 4.69) is 20.9 Å². The van der Waals surface area contributed by atoms with Crippen molar-refractivity contribution in [2.45, 2.75) is 38.8 Å². The van der Waals surface area contributed by atoms with Gasteiger partial charge in [0, 0.05) is 39.1 Å². The molecule has 8 nitrogen and oxygen atoms in total. The summed E-state index contributed by atoms with van der Waals surface area (Å²) >= 11 is 0. The molecule has 0 aliphatic carbocycles. The molecule has 1 aliphatic heterocycles. The molecule has 2 rings (SSSR count). The van der Waals surface area contributed by atoms with Crippen molar-refractivity contribution in [3.63, 3.8) is 0 Å². The van der Waals surface area contributed by atoms with Crippen LogP contribution in [0.2, 0.25) is 0 Å². The van der Waals surface area contributed by atoms with E-state index in [0.717, 1.165) is 49.6 Å². The Morgan fingerprint density at radius 3 is 2.87 bits per heavy atom. The summed E-state index contributed by atoms with van der Waals surface area (Å²) < 4.78 is 15.8. The van der Waals surface area contributed by atoms with E-state index >= 15 is 0 Å². The fraction of sp³-hybridized carbons (Fsp3) is 0.619. The topological polar surface area (TPSA) is 93.2 Å². The van der Waals surface area contributed by atoms with Crippen molar-refractivity contribution in [2.24, 2.45) is 4.99 Å². The predicted molar refractivity (Wildman–Crippen MR) is 130 cm³/mol. The summed E-state index contributed by atoms with van der Waals surface area (Å²) in [6.45, 7) is 6.68. The molecule has 1 saturated heterocycles. The summed E-state index contributed by atoms with van der Waals surface area (Å²) in [7, 11) is 1.66. The van der Waals surface area contributed by atoms with E-state index in [-0.39, 0.29) is 36.0 Å². The van der Waals surface area contributed by atoms with E-state index in [0.29, 0.717) is 33.0 Å². The van der Waals surface area contributed by atoms with Crippen LogP contribution in [-0.2, 0) is 25.5 Å². The molecule has 1 atom stereocenters. The van der Waals surface area contributed by atoms with Gasteiger partial charge in [0.05, 0.1) is 19.8 Å². The normalized spacial score (nSPS) is 16.1. The van der Waals surface area contributed by atoms with Crippen LogP contribution in [0.5, 0.6) is 0 Å². The molecule has 0 aromatic heterocycles. The van der Waals surface area contributed by atoms with E-state index in [1.807, 2.05) is 31.2 Å². The van der Waals surface area contributed by atoms with Gasteiger partial charge in [0.2, 0.25) is 0 Å². The number of hydrogen-bond donors (Lipinski definition) is 3. The van der Waals surface area contributed by atoms with Gasteiger partial charge in [-0.2, -0.15) is 0 Å². The number of guanidine groups is 1. The highest BCUT2D eigenvalue weighted by atomic mass is 127. The van der Waals surface area contributed by atoms with Gasteiger partial charge in [-0.25, -0.2) is 4.99 Å². The third-order valence-electron chi connectivity index (χ3n) is 4.37. The Bertz CT molecular complexity index is 639. The lowest BCUT2D eigenvalue weighted by Crippen LogP contribution is -2.38. The Kier molecular flexibility index (Phi) is 14.4. The molecule has 0 spiro atoms. The molecule has 170 valence electrons. The minimum absolute atomic E-state index is 0. The monoisotopic (exact) mass is 534 g/mol. The standard InChI is InChI=1S/C21H34N4O4.HI/c1-3-22-21(23-10-6-11-28-14-13-27-2)24-16-17-7-4-8-18(15-17)25-20(26)19-9-5-12-29-19;/h4,7-8,15,19H,3,5-6,9-14,16H2,1-2H3,(H,25,26)(H2,22,23,24);1H. The summed E-state index contributed by atoms with van der Waals surface area (Å²) in [6, 6.07) is 7.75. The largest absolute Gasteiger partial charge is 0.382 e. The van der Waals surface area contributed by atoms with E-state index in [4.69, 9.17) is 14.2 Å². The maximum absolute atomic E-state index is 12.2. The number of nitrogens with zero attached hydrogens (tertiary/aromatic N) is 1. The van der Waals surface area contributed by atoms with Crippen molar-refractivity contribution in [1.82, 2.24) is 10.6 Å². The van der Waals surface area contributed by atoms with Crippen molar-refractivity contribution in [3.05, 3.63) is 29.8 Å². The number of carbonyl (C=O) groups excluding carboxylic acids is 1. The molecule has 9 heteroatoms. The lowest BCUT2D eigenvalue weighted by Gasteiger charge is -2.12. The van der Waals surface area contributed by atoms with E-state index in [1.165, 1.54) is 0 Å². The highest BCUT2D eigenvalue weighted by Gasteiger charge is 2.23. The first-order valence-corrected chi connectivity index (χ1v) is 10.3. The molecule has 30 heavy (non-hydrogen) atoms. The highest BCUT2D eigenvalue weighted by molar-refractivity contribution is 14.0. The quantitative estimate of drug-likeness (QED) is 0.165. The fourth-order valence-electron chi connectivity index (χ4n) is 2.89. The lowest BCUT2D eigenvalue weighted by molar-refractivity contribution is -0.124. The van der Waals surface area contributed by atoms with Gasteiger partial charge in [-0.1, -0.05) is 12.1 Å². The molecule has 1 amide bonds. The molecule has 0 bridgehead atoms. The van der Waals surface area contributed by atoms with Gasteiger partial charge in [0.25, 0.3) is 5.91 Å². The molecule has 1 unspecified atom stereocenters. The second-order valence-corrected chi connectivity index (χ2v) is 6.77. The number of carbonyl (C=O) groups is 1. The van der Waals surface area contributed by atoms with Crippen LogP contribution in [0.3, 0.4) is 0 Å². The first kappa shape index (κ1) is 26.6. The number of ether oxygens (including phenoxy) is 3. The number of amides is 1. The summed E-state index contributed by atoms with van der Waals surface area (Å²) in [5, 5.41) is 9.48. The predicted octanol–water partition coefficient (Wildman–Crippen LogP) is 2.53. The average Bonchev–Trinajstić information content (AvgIpc) is 3.26. The minimum atomic E-state index is -0.334. The highest BCUT2D eigenvalue weighted by Crippen LogP contribution is 2.16. The SMILES string of the molecule is CCNC(=NCc1cccc(NC(=O)C2CCCO2)c1)NCCCOCCOC.I. The van der Waals surface area contributed by atoms with Gasteiger partial charge >= 0.3 is 0 Å². The van der Waals surface area contributed by atoms with Crippen LogP contribution in [0, 0.1) is 0 Å². The van der Waals surface area contributed by atoms with E-state index in [1.54, 1.807) is 7.11 Å². The zero-order chi connectivity index (χ0) is 20.7. The first-order valence-electron chi connectivity index (χ1n) is 10.3. The minimum Gasteiger partial charge on any atom is -0.382 e. The lowest BCUT2D eigenvalue weighted by atomic mass is 10.2. The molecular weight excluding hydrogens is 499 g/mol. The molecule has 1 aromatic rings. The molecule has 1 aliphatic rings. The number of aliphatic imine (C=N–C) groups is 1. The van der Waals surface area contributed by atoms with Crippen LogP contribution in [0.1, 0.15) is 31.7 Å². The number of nitrogens with one attached hydrogen (secondary N) is 3. The van der Waals surface area contributed by atoms with Gasteiger partial charge in [-0.3, -0.25) is 4.79 Å². The molecule has 0 saturated carbocycles. The maximum atomic E-state index is 12.2. The summed E-state index contributed by atoms with van der Waals surface area (Å²) in [6.07, 6.45) is 2.27. The van der Waals surface area contributed by atoms with Crippen molar-refractivity contribution < 1.29 is 19.0 Å². The zero-order valence-electron chi connectivity index (χ0n) is 17.9. The number of benzene rings is 1. The second kappa shape index (κ2) is 16.3. The van der Waals surface area contributed by atoms with Crippen molar-refractivity contribution >= 4 is 41.5 Å². The Labute approximate surface area is 196 Å². The second-order valence-electron chi connectivity index (χ2n) is 6.77. The van der Waals surface area contributed by atoms with Gasteiger partial charge < -0.3 is 30.2 Å². The Morgan fingerprint density at radius 2 is 2.13 bits per heavy atom. The number of rotatable bonds is 12. The van der Waals surface area contributed by atoms with Crippen LogP contribution in [0.25, 0.3) is 0 Å². The van der Waals surface area contributed by atoms with E-state index in [9.17, 15) is 4.79 Å². The van der Waals surface area contributed by atoms with Crippen LogP contribution in [0.4, 0.5) is 5.69 Å². The Hall–Kier alpha value is -1.43. The Morgan fingerprint density at radius 1 is 1.27 bits per heavy atom. The number of anilines is 1. The third-order valence-corrected chi connectivity index (χ3v) is 4.37. The fourth-order valence-corrected chi connectivity index (χ4v) is 2.89. The Balaban J connectivity index is 0.00000450.